The zero-order valence-electron chi connectivity index (χ0n) is 9.58. The van der Waals surface area contributed by atoms with E-state index in [-0.39, 0.29) is 5.97 Å². The number of H-pyrrole nitrogens is 1. The quantitative estimate of drug-likeness (QED) is 0.829. The summed E-state index contributed by atoms with van der Waals surface area (Å²) in [7, 11) is 1.36. The molecular weight excluding hydrogens is 238 g/mol. The van der Waals surface area contributed by atoms with Crippen LogP contribution in [0.25, 0.3) is 11.3 Å². The first-order chi connectivity index (χ1) is 8.11. The van der Waals surface area contributed by atoms with Crippen molar-refractivity contribution in [3.8, 4) is 11.3 Å². The van der Waals surface area contributed by atoms with Gasteiger partial charge in [0.1, 0.15) is 5.69 Å². The average molecular weight is 250 g/mol. The van der Waals surface area contributed by atoms with Crippen molar-refractivity contribution >= 4 is 17.6 Å². The average Bonchev–Trinajstić information content (AvgIpc) is 2.71. The van der Waals surface area contributed by atoms with E-state index < -0.39 is 0 Å². The van der Waals surface area contributed by atoms with Crippen LogP contribution in [0.1, 0.15) is 16.1 Å². The third kappa shape index (κ3) is 2.34. The van der Waals surface area contributed by atoms with Crippen LogP contribution in [0.5, 0.6) is 0 Å². The molecule has 0 atom stereocenters. The van der Waals surface area contributed by atoms with Crippen molar-refractivity contribution in [1.82, 2.24) is 4.98 Å². The first kappa shape index (κ1) is 11.7. The molecule has 0 saturated heterocycles. The summed E-state index contributed by atoms with van der Waals surface area (Å²) >= 11 is 5.83. The highest BCUT2D eigenvalue weighted by Crippen LogP contribution is 2.24. The number of rotatable bonds is 2. The first-order valence-electron chi connectivity index (χ1n) is 5.15. The maximum Gasteiger partial charge on any atom is 0.354 e. The van der Waals surface area contributed by atoms with Crippen LogP contribution in [0, 0.1) is 6.92 Å². The number of methoxy groups -OCH3 is 1. The number of carbonyl (C=O) groups excluding carboxylic acids is 1. The van der Waals surface area contributed by atoms with E-state index in [0.29, 0.717) is 10.7 Å². The summed E-state index contributed by atoms with van der Waals surface area (Å²) in [6, 6.07) is 9.21. The second-order valence-electron chi connectivity index (χ2n) is 3.74. The Balaban J connectivity index is 2.42. The van der Waals surface area contributed by atoms with Crippen LogP contribution in [0.2, 0.25) is 5.02 Å². The molecule has 0 aliphatic carbocycles. The maximum absolute atomic E-state index is 11.4. The minimum Gasteiger partial charge on any atom is -0.464 e. The summed E-state index contributed by atoms with van der Waals surface area (Å²) in [4.78, 5) is 14.4. The first-order valence-corrected chi connectivity index (χ1v) is 5.53. The molecule has 88 valence electrons. The van der Waals surface area contributed by atoms with Crippen molar-refractivity contribution in [2.75, 3.05) is 7.11 Å². The summed E-state index contributed by atoms with van der Waals surface area (Å²) in [5.74, 6) is -0.367. The molecule has 0 aliphatic heterocycles. The van der Waals surface area contributed by atoms with Crippen molar-refractivity contribution in [3.05, 3.63) is 46.6 Å². The molecule has 0 fully saturated rings. The molecule has 0 aliphatic rings. The van der Waals surface area contributed by atoms with Crippen molar-refractivity contribution in [2.24, 2.45) is 0 Å². The highest BCUT2D eigenvalue weighted by Gasteiger charge is 2.12. The lowest BCUT2D eigenvalue weighted by atomic mass is 10.1. The number of nitrogens with one attached hydrogen (secondary N) is 1. The van der Waals surface area contributed by atoms with Gasteiger partial charge in [-0.1, -0.05) is 23.7 Å². The van der Waals surface area contributed by atoms with Crippen molar-refractivity contribution in [3.63, 3.8) is 0 Å². The fourth-order valence-corrected chi connectivity index (χ4v) is 1.82. The fraction of sp³-hybridized carbons (Fsp3) is 0.154. The monoisotopic (exact) mass is 249 g/mol. The van der Waals surface area contributed by atoms with Gasteiger partial charge in [0.25, 0.3) is 0 Å². The zero-order chi connectivity index (χ0) is 12.4. The molecule has 1 N–H and O–H groups in total. The number of aromatic nitrogens is 1. The van der Waals surface area contributed by atoms with Crippen LogP contribution in [-0.2, 0) is 4.74 Å². The Morgan fingerprint density at radius 2 is 1.94 bits per heavy atom. The number of carbonyl (C=O) groups is 1. The van der Waals surface area contributed by atoms with E-state index >= 15 is 0 Å². The van der Waals surface area contributed by atoms with E-state index in [4.69, 9.17) is 11.6 Å². The number of ether oxygens (including phenoxy) is 1. The Bertz CT molecular complexity index is 543. The SMILES string of the molecule is COC(=O)c1cc(C)c(-c2ccc(Cl)cc2)[nH]1. The zero-order valence-corrected chi connectivity index (χ0v) is 10.3. The van der Waals surface area contributed by atoms with Crippen LogP contribution in [0.15, 0.2) is 30.3 Å². The largest absolute Gasteiger partial charge is 0.464 e. The van der Waals surface area contributed by atoms with Crippen molar-refractivity contribution in [2.45, 2.75) is 6.92 Å². The molecule has 1 heterocycles. The fourth-order valence-electron chi connectivity index (χ4n) is 1.69. The van der Waals surface area contributed by atoms with Gasteiger partial charge in [0, 0.05) is 10.7 Å². The Kier molecular flexibility index (Phi) is 3.20. The van der Waals surface area contributed by atoms with E-state index in [1.54, 1.807) is 6.07 Å². The lowest BCUT2D eigenvalue weighted by Crippen LogP contribution is -2.00. The van der Waals surface area contributed by atoms with Gasteiger partial charge in [-0.05, 0) is 36.2 Å². The molecule has 2 aromatic rings. The second kappa shape index (κ2) is 4.63. The Morgan fingerprint density at radius 3 is 2.53 bits per heavy atom. The molecule has 0 spiro atoms. The Morgan fingerprint density at radius 1 is 1.29 bits per heavy atom. The summed E-state index contributed by atoms with van der Waals surface area (Å²) < 4.78 is 4.67. The summed E-state index contributed by atoms with van der Waals surface area (Å²) in [6.07, 6.45) is 0. The van der Waals surface area contributed by atoms with E-state index in [9.17, 15) is 4.79 Å². The van der Waals surface area contributed by atoms with Gasteiger partial charge in [-0.3, -0.25) is 0 Å². The number of esters is 1. The summed E-state index contributed by atoms with van der Waals surface area (Å²) in [5, 5.41) is 0.686. The van der Waals surface area contributed by atoms with Gasteiger partial charge in [0.2, 0.25) is 0 Å². The molecule has 0 bridgehead atoms. The van der Waals surface area contributed by atoms with E-state index in [1.165, 1.54) is 7.11 Å². The number of aryl methyl sites for hydroxylation is 1. The number of benzene rings is 1. The molecule has 0 saturated carbocycles. The van der Waals surface area contributed by atoms with E-state index in [2.05, 4.69) is 9.72 Å². The van der Waals surface area contributed by atoms with Gasteiger partial charge >= 0.3 is 5.97 Å². The lowest BCUT2D eigenvalue weighted by molar-refractivity contribution is 0.0595. The Labute approximate surface area is 104 Å². The molecule has 0 radical (unpaired) electrons. The van der Waals surface area contributed by atoms with Crippen LogP contribution in [0.3, 0.4) is 0 Å². The molecule has 1 aromatic carbocycles. The predicted octanol–water partition coefficient (Wildman–Crippen LogP) is 3.43. The third-order valence-corrected chi connectivity index (χ3v) is 2.81. The predicted molar refractivity (Wildman–Crippen MR) is 67.3 cm³/mol. The van der Waals surface area contributed by atoms with Crippen LogP contribution < -0.4 is 0 Å². The molecule has 3 nitrogen and oxygen atoms in total. The van der Waals surface area contributed by atoms with Gasteiger partial charge < -0.3 is 9.72 Å². The molecule has 0 unspecified atom stereocenters. The number of hydrogen-bond acceptors (Lipinski definition) is 2. The maximum atomic E-state index is 11.4. The number of aromatic amines is 1. The number of hydrogen-bond donors (Lipinski definition) is 1. The lowest BCUT2D eigenvalue weighted by Gasteiger charge is -2.00. The number of halogens is 1. The summed E-state index contributed by atoms with van der Waals surface area (Å²) in [6.45, 7) is 1.94. The van der Waals surface area contributed by atoms with Crippen LogP contribution >= 0.6 is 11.6 Å². The van der Waals surface area contributed by atoms with Crippen molar-refractivity contribution in [1.29, 1.82) is 0 Å². The van der Waals surface area contributed by atoms with Crippen LogP contribution in [0.4, 0.5) is 0 Å². The molecule has 2 rings (SSSR count). The minimum atomic E-state index is -0.367. The molecular formula is C13H12ClNO2. The van der Waals surface area contributed by atoms with Gasteiger partial charge in [-0.25, -0.2) is 4.79 Å². The Hall–Kier alpha value is -1.74. The minimum absolute atomic E-state index is 0.367. The van der Waals surface area contributed by atoms with E-state index in [0.717, 1.165) is 16.8 Å². The van der Waals surface area contributed by atoms with Gasteiger partial charge in [0.05, 0.1) is 7.11 Å². The summed E-state index contributed by atoms with van der Waals surface area (Å²) in [5.41, 5.74) is 3.34. The standard InChI is InChI=1S/C13H12ClNO2/c1-8-7-11(13(16)17-2)15-12(8)9-3-5-10(14)6-4-9/h3-7,15H,1-2H3. The molecule has 4 heteroatoms. The highest BCUT2D eigenvalue weighted by atomic mass is 35.5. The van der Waals surface area contributed by atoms with Gasteiger partial charge in [-0.2, -0.15) is 0 Å². The topological polar surface area (TPSA) is 42.1 Å². The van der Waals surface area contributed by atoms with Crippen molar-refractivity contribution < 1.29 is 9.53 Å². The van der Waals surface area contributed by atoms with E-state index in [1.807, 2.05) is 31.2 Å². The van der Waals surface area contributed by atoms with Crippen LogP contribution in [-0.4, -0.2) is 18.1 Å². The molecule has 0 amide bonds. The normalized spacial score (nSPS) is 10.3. The second-order valence-corrected chi connectivity index (χ2v) is 4.18. The third-order valence-electron chi connectivity index (χ3n) is 2.55. The highest BCUT2D eigenvalue weighted by molar-refractivity contribution is 6.30. The molecule has 17 heavy (non-hydrogen) atoms. The van der Waals surface area contributed by atoms with Gasteiger partial charge in [0.15, 0.2) is 0 Å². The smallest absolute Gasteiger partial charge is 0.354 e. The molecule has 1 aromatic heterocycles. The van der Waals surface area contributed by atoms with Gasteiger partial charge in [-0.15, -0.1) is 0 Å².